The van der Waals surface area contributed by atoms with Gasteiger partial charge in [0.2, 0.25) is 5.91 Å². The zero-order chi connectivity index (χ0) is 27.0. The molecule has 0 bridgehead atoms. The number of morpholine rings is 1. The summed E-state index contributed by atoms with van der Waals surface area (Å²) in [6.45, 7) is 5.51. The number of hydrogen-bond donors (Lipinski definition) is 1. The molecule has 1 N–H and O–H groups in total. The fourth-order valence-corrected chi connectivity index (χ4v) is 5.12. The van der Waals surface area contributed by atoms with Gasteiger partial charge in [0.05, 0.1) is 18.7 Å². The molecule has 202 valence electrons. The summed E-state index contributed by atoms with van der Waals surface area (Å²) in [5.41, 5.74) is 2.21. The van der Waals surface area contributed by atoms with Crippen molar-refractivity contribution in [1.29, 1.82) is 0 Å². The van der Waals surface area contributed by atoms with Crippen LogP contribution in [0.5, 0.6) is 0 Å². The minimum atomic E-state index is -0.384. The van der Waals surface area contributed by atoms with Gasteiger partial charge in [-0.05, 0) is 48.9 Å². The first-order valence-electron chi connectivity index (χ1n) is 13.2. The topological polar surface area (TPSA) is 70.6 Å². The molecule has 1 fully saturated rings. The van der Waals surface area contributed by atoms with Crippen molar-refractivity contribution < 1.29 is 13.9 Å². The number of ether oxygens (including phenoxy) is 1. The Hall–Kier alpha value is -3.40. The largest absolute Gasteiger partial charge is 0.379 e. The lowest BCUT2D eigenvalue weighted by atomic mass is 10.1. The lowest BCUT2D eigenvalue weighted by Gasteiger charge is -2.29. The molecule has 0 saturated carbocycles. The molecule has 0 radical (unpaired) electrons. The van der Waals surface area contributed by atoms with E-state index in [0.717, 1.165) is 72.6 Å². The molecule has 2 heterocycles. The summed E-state index contributed by atoms with van der Waals surface area (Å²) in [4.78, 5) is 27.3. The second-order valence-corrected chi connectivity index (χ2v) is 10.4. The number of para-hydroxylation sites is 1. The van der Waals surface area contributed by atoms with Crippen molar-refractivity contribution in [3.8, 4) is 11.4 Å². The van der Waals surface area contributed by atoms with E-state index in [1.54, 1.807) is 12.1 Å². The van der Waals surface area contributed by atoms with E-state index in [0.29, 0.717) is 18.1 Å². The van der Waals surface area contributed by atoms with Gasteiger partial charge in [-0.2, -0.15) is 0 Å². The Morgan fingerprint density at radius 3 is 2.64 bits per heavy atom. The summed E-state index contributed by atoms with van der Waals surface area (Å²) < 4.78 is 20.1. The minimum Gasteiger partial charge on any atom is -0.379 e. The van der Waals surface area contributed by atoms with E-state index < -0.39 is 0 Å². The van der Waals surface area contributed by atoms with Crippen LogP contribution in [0.1, 0.15) is 12.8 Å². The average Bonchev–Trinajstić information content (AvgIpc) is 2.95. The molecule has 0 aliphatic carbocycles. The van der Waals surface area contributed by atoms with Crippen LogP contribution in [0.2, 0.25) is 0 Å². The van der Waals surface area contributed by atoms with Crippen molar-refractivity contribution in [2.45, 2.75) is 12.8 Å². The molecule has 4 aromatic rings. The number of halogens is 2. The zero-order valence-electron chi connectivity index (χ0n) is 21.7. The molecule has 0 atom stereocenters. The lowest BCUT2D eigenvalue weighted by molar-refractivity contribution is -0.116. The van der Waals surface area contributed by atoms with E-state index in [1.807, 2.05) is 48.5 Å². The molecule has 3 aromatic carbocycles. The Bertz CT molecular complexity index is 1430. The molecular weight excluding hydrogens is 561 g/mol. The van der Waals surface area contributed by atoms with Crippen molar-refractivity contribution >= 4 is 44.2 Å². The Labute approximate surface area is 236 Å². The van der Waals surface area contributed by atoms with E-state index in [9.17, 15) is 9.18 Å². The summed E-state index contributed by atoms with van der Waals surface area (Å²) in [5.74, 6) is 0.873. The van der Waals surface area contributed by atoms with Gasteiger partial charge >= 0.3 is 0 Å². The van der Waals surface area contributed by atoms with E-state index in [2.05, 4.69) is 31.0 Å². The third-order valence-corrected chi connectivity index (χ3v) is 7.18. The molecule has 1 aliphatic heterocycles. The number of carbonyl (C=O) groups is 1. The highest BCUT2D eigenvalue weighted by molar-refractivity contribution is 9.10. The fraction of sp³-hybridized carbons (Fsp3) is 0.300. The van der Waals surface area contributed by atoms with E-state index >= 15 is 0 Å². The first kappa shape index (κ1) is 27.2. The van der Waals surface area contributed by atoms with Crippen LogP contribution in [0.25, 0.3) is 22.3 Å². The number of amides is 1. The van der Waals surface area contributed by atoms with Crippen LogP contribution >= 0.6 is 15.9 Å². The molecule has 5 rings (SSSR count). The smallest absolute Gasteiger partial charge is 0.226 e. The summed E-state index contributed by atoms with van der Waals surface area (Å²) in [6, 6.07) is 21.8. The van der Waals surface area contributed by atoms with Crippen LogP contribution < -0.4 is 10.2 Å². The van der Waals surface area contributed by atoms with Crippen LogP contribution in [0, 0.1) is 5.82 Å². The van der Waals surface area contributed by atoms with Gasteiger partial charge in [0.1, 0.15) is 11.6 Å². The third kappa shape index (κ3) is 7.38. The maximum absolute atomic E-state index is 13.6. The molecule has 1 aromatic heterocycles. The van der Waals surface area contributed by atoms with Crippen molar-refractivity contribution in [2.24, 2.45) is 0 Å². The summed E-state index contributed by atoms with van der Waals surface area (Å²) in [5, 5.41) is 3.75. The molecule has 1 saturated heterocycles. The van der Waals surface area contributed by atoms with Crippen molar-refractivity contribution in [3.63, 3.8) is 0 Å². The molecule has 9 heteroatoms. The number of nitrogens with zero attached hydrogens (tertiary/aromatic N) is 4. The maximum Gasteiger partial charge on any atom is 0.226 e. The highest BCUT2D eigenvalue weighted by Gasteiger charge is 2.18. The number of hydrogen-bond acceptors (Lipinski definition) is 6. The molecule has 0 unspecified atom stereocenters. The number of aromatic nitrogens is 2. The quantitative estimate of drug-likeness (QED) is 0.253. The third-order valence-electron chi connectivity index (χ3n) is 6.69. The SMILES string of the molecule is O=C(CCN(CCCN1CCOCC1)c1nc(-c2cccc(Br)c2)nc2ccccc12)Nc1cccc(F)c1. The Kier molecular flexibility index (Phi) is 9.13. The molecule has 39 heavy (non-hydrogen) atoms. The predicted octanol–water partition coefficient (Wildman–Crippen LogP) is 5.76. The van der Waals surface area contributed by atoms with Gasteiger partial charge in [-0.1, -0.05) is 46.3 Å². The monoisotopic (exact) mass is 591 g/mol. The molecule has 0 spiro atoms. The van der Waals surface area contributed by atoms with Crippen molar-refractivity contribution in [2.75, 3.05) is 56.2 Å². The first-order chi connectivity index (χ1) is 19.0. The number of nitrogens with one attached hydrogen (secondary N) is 1. The van der Waals surface area contributed by atoms with E-state index in [-0.39, 0.29) is 18.1 Å². The van der Waals surface area contributed by atoms with Gasteiger partial charge in [-0.25, -0.2) is 14.4 Å². The van der Waals surface area contributed by atoms with Crippen LogP contribution in [-0.4, -0.2) is 66.7 Å². The van der Waals surface area contributed by atoms with E-state index in [4.69, 9.17) is 14.7 Å². The number of carbonyl (C=O) groups excluding carboxylic acids is 1. The molecule has 7 nitrogen and oxygen atoms in total. The minimum absolute atomic E-state index is 0.177. The Balaban J connectivity index is 1.41. The van der Waals surface area contributed by atoms with Crippen LogP contribution in [0.15, 0.2) is 77.3 Å². The fourth-order valence-electron chi connectivity index (χ4n) is 4.72. The average molecular weight is 593 g/mol. The van der Waals surface area contributed by atoms with E-state index in [1.165, 1.54) is 12.1 Å². The Morgan fingerprint density at radius 1 is 1.00 bits per heavy atom. The standard InChI is InChI=1S/C30H31BrFN5O2/c31-23-7-3-6-22(20-23)29-34-27-11-2-1-10-26(27)30(35-29)37(14-5-13-36-16-18-39-19-17-36)15-12-28(38)33-25-9-4-8-24(32)21-25/h1-4,6-11,20-21H,5,12-19H2,(H,33,38). The first-order valence-corrected chi connectivity index (χ1v) is 14.0. The van der Waals surface area contributed by atoms with Gasteiger partial charge in [-0.3, -0.25) is 9.69 Å². The second-order valence-electron chi connectivity index (χ2n) is 9.50. The normalized spacial score (nSPS) is 13.9. The predicted molar refractivity (Wildman–Crippen MR) is 156 cm³/mol. The van der Waals surface area contributed by atoms with Crippen LogP contribution in [0.4, 0.5) is 15.9 Å². The highest BCUT2D eigenvalue weighted by atomic mass is 79.9. The van der Waals surface area contributed by atoms with Crippen molar-refractivity contribution in [3.05, 3.63) is 83.1 Å². The second kappa shape index (κ2) is 13.1. The van der Waals surface area contributed by atoms with Gasteiger partial charge in [0.15, 0.2) is 5.82 Å². The lowest BCUT2D eigenvalue weighted by Crippen LogP contribution is -2.38. The van der Waals surface area contributed by atoms with Gasteiger partial charge in [-0.15, -0.1) is 0 Å². The van der Waals surface area contributed by atoms with Gasteiger partial charge in [0.25, 0.3) is 0 Å². The summed E-state index contributed by atoms with van der Waals surface area (Å²) in [6.07, 6.45) is 1.15. The molecule has 1 aliphatic rings. The number of fused-ring (bicyclic) bond motifs is 1. The molecule has 1 amide bonds. The molecular formula is C30H31BrFN5O2. The van der Waals surface area contributed by atoms with Crippen LogP contribution in [-0.2, 0) is 9.53 Å². The summed E-state index contributed by atoms with van der Waals surface area (Å²) in [7, 11) is 0. The zero-order valence-corrected chi connectivity index (χ0v) is 23.2. The number of rotatable bonds is 10. The Morgan fingerprint density at radius 2 is 1.82 bits per heavy atom. The van der Waals surface area contributed by atoms with Crippen molar-refractivity contribution in [1.82, 2.24) is 14.9 Å². The summed E-state index contributed by atoms with van der Waals surface area (Å²) >= 11 is 3.55. The van der Waals surface area contributed by atoms with Gasteiger partial charge < -0.3 is 15.0 Å². The number of anilines is 2. The maximum atomic E-state index is 13.6. The van der Waals surface area contributed by atoms with Crippen LogP contribution in [0.3, 0.4) is 0 Å². The number of benzene rings is 3. The van der Waals surface area contributed by atoms with Gasteiger partial charge in [0, 0.05) is 60.3 Å². The highest BCUT2D eigenvalue weighted by Crippen LogP contribution is 2.29.